The van der Waals surface area contributed by atoms with Gasteiger partial charge in [0, 0.05) is 16.6 Å². The first-order valence-electron chi connectivity index (χ1n) is 4.99. The Morgan fingerprint density at radius 3 is 2.18 bits per heavy atom. The molecule has 92 valence electrons. The molecule has 1 N–H and O–H groups in total. The average molecular weight is 319 g/mol. The van der Waals surface area contributed by atoms with Gasteiger partial charge in [0.15, 0.2) is 9.84 Å². The van der Waals surface area contributed by atoms with Crippen molar-refractivity contribution in [3.63, 3.8) is 0 Å². The van der Waals surface area contributed by atoms with Crippen LogP contribution < -0.4 is 0 Å². The molecule has 0 aliphatic heterocycles. The first kappa shape index (κ1) is 12.6. The van der Waals surface area contributed by atoms with Gasteiger partial charge in [-0.3, -0.25) is 4.79 Å². The van der Waals surface area contributed by atoms with Crippen molar-refractivity contribution in [2.24, 2.45) is 5.92 Å². The molecule has 0 radical (unpaired) electrons. The fraction of sp³-hybridized carbons (Fsp3) is 0.364. The standard InChI is InChI=1S/C11H11BrO4S/c1-17(15,16)10-8(9(10)11(13)14)6-2-4-7(12)5-3-6/h2-5,8-10H,1H3,(H,13,14)/t8-,9+,10+/m1/s1. The number of carboxylic acid groups (broad SMARTS) is 1. The third kappa shape index (κ3) is 2.37. The van der Waals surface area contributed by atoms with Gasteiger partial charge in [-0.1, -0.05) is 28.1 Å². The smallest absolute Gasteiger partial charge is 0.308 e. The molecule has 6 heteroatoms. The molecule has 1 aromatic rings. The minimum Gasteiger partial charge on any atom is -0.481 e. The minimum atomic E-state index is -3.32. The number of hydrogen-bond acceptors (Lipinski definition) is 3. The van der Waals surface area contributed by atoms with Gasteiger partial charge in [-0.05, 0) is 17.7 Å². The van der Waals surface area contributed by atoms with E-state index in [1.807, 2.05) is 0 Å². The van der Waals surface area contributed by atoms with E-state index >= 15 is 0 Å². The van der Waals surface area contributed by atoms with Crippen LogP contribution in [0.2, 0.25) is 0 Å². The molecule has 0 aromatic heterocycles. The van der Waals surface area contributed by atoms with E-state index in [4.69, 9.17) is 5.11 Å². The zero-order valence-electron chi connectivity index (χ0n) is 9.00. The lowest BCUT2D eigenvalue weighted by Gasteiger charge is -1.99. The molecule has 3 atom stereocenters. The van der Waals surface area contributed by atoms with Gasteiger partial charge in [0.25, 0.3) is 0 Å². The summed E-state index contributed by atoms with van der Waals surface area (Å²) in [6, 6.07) is 7.09. The third-order valence-corrected chi connectivity index (χ3v) is 5.09. The van der Waals surface area contributed by atoms with Crippen molar-refractivity contribution in [1.29, 1.82) is 0 Å². The van der Waals surface area contributed by atoms with Crippen LogP contribution in [0.1, 0.15) is 11.5 Å². The van der Waals surface area contributed by atoms with Crippen molar-refractivity contribution in [1.82, 2.24) is 0 Å². The van der Waals surface area contributed by atoms with Crippen LogP contribution in [0, 0.1) is 5.92 Å². The Balaban J connectivity index is 2.34. The number of sulfone groups is 1. The number of carboxylic acids is 1. The number of rotatable bonds is 3. The fourth-order valence-corrected chi connectivity index (χ4v) is 4.04. The maximum Gasteiger partial charge on any atom is 0.308 e. The average Bonchev–Trinajstić information content (AvgIpc) is 2.93. The van der Waals surface area contributed by atoms with E-state index in [-0.39, 0.29) is 0 Å². The maximum absolute atomic E-state index is 11.5. The molecule has 1 aromatic carbocycles. The Hall–Kier alpha value is -0.880. The normalized spacial score (nSPS) is 27.8. The molecule has 1 aliphatic rings. The van der Waals surface area contributed by atoms with Gasteiger partial charge in [-0.2, -0.15) is 0 Å². The summed E-state index contributed by atoms with van der Waals surface area (Å²) in [6.07, 6.45) is 1.09. The lowest BCUT2D eigenvalue weighted by molar-refractivity contribution is -0.138. The number of halogens is 1. The first-order valence-corrected chi connectivity index (χ1v) is 7.74. The Labute approximate surface area is 108 Å². The number of carbonyl (C=O) groups is 1. The van der Waals surface area contributed by atoms with Gasteiger partial charge in [0.2, 0.25) is 0 Å². The molecule has 0 spiro atoms. The van der Waals surface area contributed by atoms with Crippen molar-refractivity contribution >= 4 is 31.7 Å². The van der Waals surface area contributed by atoms with E-state index in [1.165, 1.54) is 0 Å². The van der Waals surface area contributed by atoms with Crippen molar-refractivity contribution in [3.05, 3.63) is 34.3 Å². The zero-order chi connectivity index (χ0) is 12.8. The van der Waals surface area contributed by atoms with Gasteiger partial charge < -0.3 is 5.11 Å². The van der Waals surface area contributed by atoms with Gasteiger partial charge >= 0.3 is 5.97 Å². The summed E-state index contributed by atoms with van der Waals surface area (Å²) in [5.74, 6) is -2.28. The molecule has 0 saturated heterocycles. The highest BCUT2D eigenvalue weighted by Crippen LogP contribution is 2.52. The Kier molecular flexibility index (Phi) is 3.03. The maximum atomic E-state index is 11.5. The molecule has 1 saturated carbocycles. The van der Waals surface area contributed by atoms with E-state index in [9.17, 15) is 13.2 Å². The quantitative estimate of drug-likeness (QED) is 0.920. The van der Waals surface area contributed by atoms with Gasteiger partial charge in [0.1, 0.15) is 0 Å². The lowest BCUT2D eigenvalue weighted by atomic mass is 10.1. The van der Waals surface area contributed by atoms with E-state index in [1.54, 1.807) is 24.3 Å². The molecule has 0 amide bonds. The molecule has 0 bridgehead atoms. The van der Waals surface area contributed by atoms with Crippen LogP contribution in [0.4, 0.5) is 0 Å². The van der Waals surface area contributed by atoms with Gasteiger partial charge in [-0.15, -0.1) is 0 Å². The fourth-order valence-electron chi connectivity index (χ4n) is 2.19. The monoisotopic (exact) mass is 318 g/mol. The van der Waals surface area contributed by atoms with E-state index < -0.39 is 32.9 Å². The number of aliphatic carboxylic acids is 1. The van der Waals surface area contributed by atoms with Crippen molar-refractivity contribution in [2.45, 2.75) is 11.2 Å². The second-order valence-corrected chi connectivity index (χ2v) is 7.35. The van der Waals surface area contributed by atoms with Crippen LogP contribution >= 0.6 is 15.9 Å². The molecule has 0 heterocycles. The highest BCUT2D eigenvalue weighted by molar-refractivity contribution is 9.10. The van der Waals surface area contributed by atoms with Crippen LogP contribution in [0.25, 0.3) is 0 Å². The van der Waals surface area contributed by atoms with Crippen molar-refractivity contribution in [3.8, 4) is 0 Å². The highest BCUT2D eigenvalue weighted by atomic mass is 79.9. The molecule has 0 unspecified atom stereocenters. The predicted octanol–water partition coefficient (Wildman–Crippen LogP) is 1.66. The first-order chi connectivity index (χ1) is 7.82. The largest absolute Gasteiger partial charge is 0.481 e. The summed E-state index contributed by atoms with van der Waals surface area (Å²) in [7, 11) is -3.32. The summed E-state index contributed by atoms with van der Waals surface area (Å²) < 4.78 is 23.9. The van der Waals surface area contributed by atoms with Crippen LogP contribution in [-0.2, 0) is 14.6 Å². The molecule has 1 fully saturated rings. The van der Waals surface area contributed by atoms with Crippen LogP contribution in [-0.4, -0.2) is 31.0 Å². The van der Waals surface area contributed by atoms with Crippen molar-refractivity contribution in [2.75, 3.05) is 6.26 Å². The summed E-state index contributed by atoms with van der Waals surface area (Å²) in [5, 5.41) is 8.21. The zero-order valence-corrected chi connectivity index (χ0v) is 11.4. The number of hydrogen-bond donors (Lipinski definition) is 1. The summed E-state index contributed by atoms with van der Waals surface area (Å²) >= 11 is 3.28. The summed E-state index contributed by atoms with van der Waals surface area (Å²) in [4.78, 5) is 11.0. The number of benzene rings is 1. The van der Waals surface area contributed by atoms with E-state index in [0.29, 0.717) is 0 Å². The molecule has 17 heavy (non-hydrogen) atoms. The second-order valence-electron chi connectivity index (χ2n) is 4.24. The van der Waals surface area contributed by atoms with Crippen LogP contribution in [0.15, 0.2) is 28.7 Å². The topological polar surface area (TPSA) is 71.4 Å². The van der Waals surface area contributed by atoms with E-state index in [2.05, 4.69) is 15.9 Å². The molecule has 2 rings (SSSR count). The third-order valence-electron chi connectivity index (χ3n) is 2.99. The Morgan fingerprint density at radius 2 is 1.82 bits per heavy atom. The van der Waals surface area contributed by atoms with Crippen molar-refractivity contribution < 1.29 is 18.3 Å². The SMILES string of the molecule is CS(=O)(=O)[C@@H]1[C@@H](C(=O)O)[C@H]1c1ccc(Br)cc1. The van der Waals surface area contributed by atoms with Gasteiger partial charge in [0.05, 0.1) is 11.2 Å². The molecule has 4 nitrogen and oxygen atoms in total. The predicted molar refractivity (Wildman–Crippen MR) is 66.6 cm³/mol. The van der Waals surface area contributed by atoms with Gasteiger partial charge in [-0.25, -0.2) is 8.42 Å². The summed E-state index contributed by atoms with van der Waals surface area (Å²) in [6.45, 7) is 0. The highest BCUT2D eigenvalue weighted by Gasteiger charge is 2.61. The lowest BCUT2D eigenvalue weighted by Crippen LogP contribution is -2.10. The Bertz CT molecular complexity index is 549. The second kappa shape index (κ2) is 4.10. The molecular weight excluding hydrogens is 308 g/mol. The van der Waals surface area contributed by atoms with E-state index in [0.717, 1.165) is 16.3 Å². The van der Waals surface area contributed by atoms with Crippen LogP contribution in [0.3, 0.4) is 0 Å². The Morgan fingerprint density at radius 1 is 1.29 bits per heavy atom. The van der Waals surface area contributed by atoms with Crippen LogP contribution in [0.5, 0.6) is 0 Å². The molecule has 1 aliphatic carbocycles. The minimum absolute atomic E-state index is 0.421. The summed E-state index contributed by atoms with van der Waals surface area (Å²) in [5.41, 5.74) is 0.760. The molecular formula is C11H11BrO4S.